The van der Waals surface area contributed by atoms with Crippen LogP contribution in [0, 0.1) is 0 Å². The van der Waals surface area contributed by atoms with Gasteiger partial charge in [0.05, 0.1) is 6.04 Å². The lowest BCUT2D eigenvalue weighted by molar-refractivity contribution is -0.127. The van der Waals surface area contributed by atoms with Crippen LogP contribution in [0.3, 0.4) is 0 Å². The van der Waals surface area contributed by atoms with Crippen molar-refractivity contribution in [2.24, 2.45) is 0 Å². The van der Waals surface area contributed by atoms with Gasteiger partial charge >= 0.3 is 0 Å². The Balaban J connectivity index is 2.48. The van der Waals surface area contributed by atoms with Crippen molar-refractivity contribution in [3.63, 3.8) is 0 Å². The third kappa shape index (κ3) is 4.52. The van der Waals surface area contributed by atoms with Crippen molar-refractivity contribution in [2.75, 3.05) is 13.1 Å². The number of likely N-dealkylation sites (tertiary alicyclic amines) is 1. The molecule has 0 spiro atoms. The molecule has 1 aliphatic rings. The van der Waals surface area contributed by atoms with Crippen LogP contribution in [0.4, 0.5) is 0 Å². The minimum Gasteiger partial charge on any atom is -0.350 e. The molecular formula is C13H26N2O. The Morgan fingerprint density at radius 3 is 2.06 bits per heavy atom. The van der Waals surface area contributed by atoms with Gasteiger partial charge < -0.3 is 5.32 Å². The molecule has 1 aliphatic heterocycles. The number of carbonyl (C=O) groups excluding carboxylic acids is 1. The van der Waals surface area contributed by atoms with Crippen LogP contribution in [0.2, 0.25) is 0 Å². The average molecular weight is 226 g/mol. The van der Waals surface area contributed by atoms with Crippen molar-refractivity contribution < 1.29 is 4.79 Å². The normalized spacial score (nSPS) is 21.2. The molecule has 94 valence electrons. The summed E-state index contributed by atoms with van der Waals surface area (Å²) in [5, 5.41) is 3.06. The van der Waals surface area contributed by atoms with Crippen molar-refractivity contribution in [1.82, 2.24) is 10.2 Å². The number of nitrogens with zero attached hydrogens (tertiary/aromatic N) is 1. The van der Waals surface area contributed by atoms with E-state index in [0.29, 0.717) is 0 Å². The first kappa shape index (κ1) is 13.5. The summed E-state index contributed by atoms with van der Waals surface area (Å²) < 4.78 is 0. The second kappa shape index (κ2) is 5.67. The maximum atomic E-state index is 12.0. The molecule has 0 radical (unpaired) electrons. The maximum absolute atomic E-state index is 12.0. The molecule has 1 unspecified atom stereocenters. The second-order valence-corrected chi connectivity index (χ2v) is 5.87. The zero-order valence-electron chi connectivity index (χ0n) is 11.2. The Hall–Kier alpha value is -0.570. The van der Waals surface area contributed by atoms with E-state index in [1.807, 2.05) is 27.7 Å². The fourth-order valence-electron chi connectivity index (χ4n) is 2.12. The van der Waals surface area contributed by atoms with Crippen LogP contribution in [0.25, 0.3) is 0 Å². The highest BCUT2D eigenvalue weighted by atomic mass is 16.2. The minimum atomic E-state index is -0.128. The number of amides is 1. The third-order valence-corrected chi connectivity index (χ3v) is 3.07. The van der Waals surface area contributed by atoms with Crippen LogP contribution in [-0.4, -0.2) is 35.5 Å². The van der Waals surface area contributed by atoms with Crippen LogP contribution >= 0.6 is 0 Å². The highest BCUT2D eigenvalue weighted by Crippen LogP contribution is 2.13. The largest absolute Gasteiger partial charge is 0.350 e. The van der Waals surface area contributed by atoms with Gasteiger partial charge in [0.2, 0.25) is 5.91 Å². The van der Waals surface area contributed by atoms with Crippen LogP contribution < -0.4 is 5.32 Å². The highest BCUT2D eigenvalue weighted by molar-refractivity contribution is 5.81. The van der Waals surface area contributed by atoms with Crippen LogP contribution in [-0.2, 0) is 4.79 Å². The first-order valence-electron chi connectivity index (χ1n) is 6.46. The highest BCUT2D eigenvalue weighted by Gasteiger charge is 2.24. The Labute approximate surface area is 99.6 Å². The Morgan fingerprint density at radius 2 is 1.62 bits per heavy atom. The van der Waals surface area contributed by atoms with Crippen LogP contribution in [0.5, 0.6) is 0 Å². The van der Waals surface area contributed by atoms with Crippen molar-refractivity contribution in [3.05, 3.63) is 0 Å². The standard InChI is InChI=1S/C13H26N2O/c1-11(12(16)14-13(2,3)4)15-9-7-5-6-8-10-15/h11H,5-10H2,1-4H3,(H,14,16). The number of hydrogen-bond donors (Lipinski definition) is 1. The smallest absolute Gasteiger partial charge is 0.237 e. The van der Waals surface area contributed by atoms with Crippen molar-refractivity contribution in [1.29, 1.82) is 0 Å². The third-order valence-electron chi connectivity index (χ3n) is 3.07. The fraction of sp³-hybridized carbons (Fsp3) is 0.923. The predicted octanol–water partition coefficient (Wildman–Crippen LogP) is 2.17. The van der Waals surface area contributed by atoms with E-state index in [9.17, 15) is 4.79 Å². The molecule has 1 amide bonds. The summed E-state index contributed by atoms with van der Waals surface area (Å²) in [6.45, 7) is 10.2. The summed E-state index contributed by atoms with van der Waals surface area (Å²) in [4.78, 5) is 14.3. The molecule has 1 heterocycles. The second-order valence-electron chi connectivity index (χ2n) is 5.87. The fourth-order valence-corrected chi connectivity index (χ4v) is 2.12. The summed E-state index contributed by atoms with van der Waals surface area (Å²) in [5.41, 5.74) is -0.128. The van der Waals surface area contributed by atoms with Crippen molar-refractivity contribution >= 4 is 5.91 Å². The molecule has 16 heavy (non-hydrogen) atoms. The van der Waals surface area contributed by atoms with Gasteiger partial charge in [0.1, 0.15) is 0 Å². The lowest BCUT2D eigenvalue weighted by atomic mass is 10.1. The van der Waals surface area contributed by atoms with Crippen LogP contribution in [0.1, 0.15) is 53.4 Å². The quantitative estimate of drug-likeness (QED) is 0.782. The molecule has 0 aliphatic carbocycles. The first-order chi connectivity index (χ1) is 7.40. The molecule has 0 aromatic rings. The molecule has 0 aromatic carbocycles. The Morgan fingerprint density at radius 1 is 1.12 bits per heavy atom. The van der Waals surface area contributed by atoms with E-state index in [2.05, 4.69) is 10.2 Å². The lowest BCUT2D eigenvalue weighted by Crippen LogP contribution is -2.51. The molecule has 3 heteroatoms. The number of carbonyl (C=O) groups is 1. The molecule has 1 fully saturated rings. The SMILES string of the molecule is CC(C(=O)NC(C)(C)C)N1CCCCCC1. The molecular weight excluding hydrogens is 200 g/mol. The van der Waals surface area contributed by atoms with Gasteiger partial charge in [-0.05, 0) is 53.6 Å². The van der Waals surface area contributed by atoms with Crippen molar-refractivity contribution in [3.8, 4) is 0 Å². The summed E-state index contributed by atoms with van der Waals surface area (Å²) >= 11 is 0. The van der Waals surface area contributed by atoms with E-state index >= 15 is 0 Å². The van der Waals surface area contributed by atoms with Gasteiger partial charge in [0.15, 0.2) is 0 Å². The maximum Gasteiger partial charge on any atom is 0.237 e. The van der Waals surface area contributed by atoms with E-state index < -0.39 is 0 Å². The van der Waals surface area contributed by atoms with E-state index in [1.54, 1.807) is 0 Å². The molecule has 0 bridgehead atoms. The van der Waals surface area contributed by atoms with E-state index in [-0.39, 0.29) is 17.5 Å². The molecule has 1 N–H and O–H groups in total. The van der Waals surface area contributed by atoms with E-state index in [0.717, 1.165) is 13.1 Å². The van der Waals surface area contributed by atoms with Gasteiger partial charge in [0.25, 0.3) is 0 Å². The first-order valence-corrected chi connectivity index (χ1v) is 6.46. The predicted molar refractivity (Wildman–Crippen MR) is 67.4 cm³/mol. The Kier molecular flexibility index (Phi) is 4.78. The van der Waals surface area contributed by atoms with Gasteiger partial charge in [-0.25, -0.2) is 0 Å². The number of hydrogen-bond acceptors (Lipinski definition) is 2. The van der Waals surface area contributed by atoms with Gasteiger partial charge in [-0.15, -0.1) is 0 Å². The Bertz CT molecular complexity index is 225. The topological polar surface area (TPSA) is 32.3 Å². The zero-order valence-corrected chi connectivity index (χ0v) is 11.2. The number of rotatable bonds is 2. The number of nitrogens with one attached hydrogen (secondary N) is 1. The molecule has 1 rings (SSSR count). The summed E-state index contributed by atoms with van der Waals surface area (Å²) in [6, 6.07) is 0.0114. The van der Waals surface area contributed by atoms with Crippen LogP contribution in [0.15, 0.2) is 0 Å². The summed E-state index contributed by atoms with van der Waals surface area (Å²) in [5.74, 6) is 0.161. The van der Waals surface area contributed by atoms with Gasteiger partial charge in [-0.3, -0.25) is 9.69 Å². The van der Waals surface area contributed by atoms with E-state index in [1.165, 1.54) is 25.7 Å². The molecule has 0 saturated carbocycles. The summed E-state index contributed by atoms with van der Waals surface area (Å²) in [6.07, 6.45) is 5.08. The zero-order chi connectivity index (χ0) is 12.2. The molecule has 3 nitrogen and oxygen atoms in total. The molecule has 1 atom stereocenters. The minimum absolute atomic E-state index is 0.0114. The van der Waals surface area contributed by atoms with Gasteiger partial charge in [-0.2, -0.15) is 0 Å². The van der Waals surface area contributed by atoms with Gasteiger partial charge in [0, 0.05) is 5.54 Å². The van der Waals surface area contributed by atoms with Gasteiger partial charge in [-0.1, -0.05) is 12.8 Å². The van der Waals surface area contributed by atoms with Crippen molar-refractivity contribution in [2.45, 2.75) is 65.0 Å². The molecule has 0 aromatic heterocycles. The van der Waals surface area contributed by atoms with E-state index in [4.69, 9.17) is 0 Å². The molecule has 1 saturated heterocycles. The summed E-state index contributed by atoms with van der Waals surface area (Å²) in [7, 11) is 0. The average Bonchev–Trinajstić information content (AvgIpc) is 2.41. The lowest BCUT2D eigenvalue weighted by Gasteiger charge is -2.30. The monoisotopic (exact) mass is 226 g/mol.